The van der Waals surface area contributed by atoms with Gasteiger partial charge in [-0.25, -0.2) is 4.79 Å². The summed E-state index contributed by atoms with van der Waals surface area (Å²) < 4.78 is 5.03. The number of cyclic esters (lactones) is 1. The van der Waals surface area contributed by atoms with Crippen LogP contribution in [0.2, 0.25) is 0 Å². The molecule has 1 aliphatic carbocycles. The number of benzene rings is 3. The number of hydrogen-bond donors (Lipinski definition) is 4. The fourth-order valence-corrected chi connectivity index (χ4v) is 6.44. The maximum Gasteiger partial charge on any atom is 0.340 e. The van der Waals surface area contributed by atoms with Gasteiger partial charge in [-0.1, -0.05) is 55.7 Å². The lowest BCUT2D eigenvalue weighted by Crippen LogP contribution is -2.13. The van der Waals surface area contributed by atoms with Gasteiger partial charge in [-0.15, -0.1) is 0 Å². The van der Waals surface area contributed by atoms with Gasteiger partial charge in [-0.05, 0) is 123 Å². The van der Waals surface area contributed by atoms with Crippen molar-refractivity contribution in [2.45, 2.75) is 79.6 Å². The molecule has 3 aromatic rings. The van der Waals surface area contributed by atoms with Crippen LogP contribution in [-0.2, 0) is 17.8 Å². The molecule has 5 rings (SSSR count). The molecule has 246 valence electrons. The highest BCUT2D eigenvalue weighted by molar-refractivity contribution is 5.99. The molecule has 7 nitrogen and oxygen atoms in total. The fraction of sp³-hybridized carbons (Fsp3) is 0.300. The number of hydrogen-bond acceptors (Lipinski definition) is 7. The van der Waals surface area contributed by atoms with Crippen molar-refractivity contribution in [3.63, 3.8) is 0 Å². The van der Waals surface area contributed by atoms with Gasteiger partial charge in [-0.2, -0.15) is 5.26 Å². The molecule has 2 unspecified atom stereocenters. The zero-order chi connectivity index (χ0) is 35.0. The van der Waals surface area contributed by atoms with E-state index in [-0.39, 0.29) is 18.1 Å². The smallest absolute Gasteiger partial charge is 0.340 e. The van der Waals surface area contributed by atoms with Crippen molar-refractivity contribution in [3.8, 4) is 11.8 Å². The quantitative estimate of drug-likeness (QED) is 0.125. The van der Waals surface area contributed by atoms with Gasteiger partial charge in [0.2, 0.25) is 6.10 Å². The number of carbonyl (C=O) groups excluding carboxylic acids is 1. The largest absolute Gasteiger partial charge is 0.509 e. The third-order valence-corrected chi connectivity index (χ3v) is 8.52. The van der Waals surface area contributed by atoms with E-state index >= 15 is 0 Å². The van der Waals surface area contributed by atoms with Crippen molar-refractivity contribution >= 4 is 28.9 Å². The van der Waals surface area contributed by atoms with E-state index in [9.17, 15) is 20.1 Å². The Kier molecular flexibility index (Phi) is 12.5. The third kappa shape index (κ3) is 7.57. The summed E-state index contributed by atoms with van der Waals surface area (Å²) in [6.45, 7) is 18.3. The lowest BCUT2D eigenvalue weighted by Gasteiger charge is -2.27. The van der Waals surface area contributed by atoms with E-state index in [1.165, 1.54) is 6.08 Å². The number of nitriles is 1. The second-order valence-corrected chi connectivity index (χ2v) is 11.6. The molecule has 0 saturated carbocycles. The number of rotatable bonds is 5. The van der Waals surface area contributed by atoms with Gasteiger partial charge < -0.3 is 25.2 Å². The first-order chi connectivity index (χ1) is 22.4. The Morgan fingerprint density at radius 3 is 2.23 bits per heavy atom. The number of aryl methyl sites for hydroxylation is 3. The molecule has 47 heavy (non-hydrogen) atoms. The summed E-state index contributed by atoms with van der Waals surface area (Å²) in [5, 5.41) is 50.2. The Bertz CT molecular complexity index is 1840. The van der Waals surface area contributed by atoms with Crippen LogP contribution in [-0.4, -0.2) is 26.4 Å². The van der Waals surface area contributed by atoms with Gasteiger partial charge >= 0.3 is 5.97 Å². The van der Waals surface area contributed by atoms with Crippen molar-refractivity contribution in [1.29, 1.82) is 5.26 Å². The normalized spacial score (nSPS) is 16.6. The Morgan fingerprint density at radius 1 is 1.09 bits per heavy atom. The zero-order valence-electron chi connectivity index (χ0n) is 28.1. The Labute approximate surface area is 277 Å². The van der Waals surface area contributed by atoms with Gasteiger partial charge in [0, 0.05) is 16.5 Å². The lowest BCUT2D eigenvalue weighted by molar-refractivity contribution is 0.0477. The average molecular weight is 636 g/mol. The number of aromatic hydroxyl groups is 1. The molecule has 0 fully saturated rings. The molecule has 1 aliphatic heterocycles. The lowest BCUT2D eigenvalue weighted by atomic mass is 9.80. The number of aliphatic hydroxyl groups is 3. The standard InChI is InChI=1S/C20H24O3.C14H13NO2.C6H8O/c1-4-6-13-11(2)9-15-16(10-21)14-7-5-8-17(22)19(14)20(23)18(15)12(13)3;1-4-5-10-8(2)6-11-12(7-15)17-14(16)13(11)9(10)3;1-3-4-5-6(2)7/h4,6,9,17,21-23H,5,7-8,10H2,1-3H3;4-6,12H,1-3H3;3-5,7H,1-2H2/b6-4+;5-4+;5-4-. The van der Waals surface area contributed by atoms with Crippen molar-refractivity contribution in [3.05, 3.63) is 123 Å². The molecule has 0 bridgehead atoms. The molecule has 1 heterocycles. The Morgan fingerprint density at radius 2 is 1.70 bits per heavy atom. The van der Waals surface area contributed by atoms with Crippen LogP contribution in [0.3, 0.4) is 0 Å². The molecule has 2 aliphatic rings. The van der Waals surface area contributed by atoms with Crippen LogP contribution in [0.15, 0.2) is 61.4 Å². The SMILES string of the molecule is C/C=C/c1c(C)cc2c(CO)c3c(c(O)c2c1C)C(O)CCC3.C/C=C/c1c(C)cc2c(c1C)C(=O)OC2C#N.C=C/C=C\C(=C)O. The Hall–Kier alpha value is -4.90. The van der Waals surface area contributed by atoms with Crippen molar-refractivity contribution in [2.24, 2.45) is 0 Å². The molecule has 7 heteroatoms. The van der Waals surface area contributed by atoms with E-state index in [0.29, 0.717) is 23.1 Å². The molecule has 0 radical (unpaired) electrons. The average Bonchev–Trinajstić information content (AvgIpc) is 3.35. The van der Waals surface area contributed by atoms with E-state index < -0.39 is 18.2 Å². The number of nitrogens with zero attached hydrogens (tertiary/aromatic N) is 1. The van der Waals surface area contributed by atoms with E-state index in [1.54, 1.807) is 12.2 Å². The van der Waals surface area contributed by atoms with Crippen LogP contribution in [0.5, 0.6) is 5.75 Å². The molecular formula is C40H45NO6. The monoisotopic (exact) mass is 635 g/mol. The maximum atomic E-state index is 11.7. The summed E-state index contributed by atoms with van der Waals surface area (Å²) in [5.74, 6) is -0.155. The summed E-state index contributed by atoms with van der Waals surface area (Å²) in [7, 11) is 0. The number of aliphatic hydroxyl groups excluding tert-OH is 3. The van der Waals surface area contributed by atoms with E-state index in [2.05, 4.69) is 13.2 Å². The third-order valence-electron chi connectivity index (χ3n) is 8.52. The molecule has 4 N–H and O–H groups in total. The highest BCUT2D eigenvalue weighted by atomic mass is 16.5. The number of esters is 1. The number of fused-ring (bicyclic) bond motifs is 3. The van der Waals surface area contributed by atoms with Crippen molar-refractivity contribution in [2.75, 3.05) is 0 Å². The minimum Gasteiger partial charge on any atom is -0.509 e. The van der Waals surface area contributed by atoms with Gasteiger partial charge in [0.05, 0.1) is 18.3 Å². The minimum absolute atomic E-state index is 0.0555. The number of allylic oxidation sites excluding steroid dienone is 5. The second-order valence-electron chi connectivity index (χ2n) is 11.6. The highest BCUT2D eigenvalue weighted by Gasteiger charge is 2.34. The first-order valence-corrected chi connectivity index (χ1v) is 15.6. The van der Waals surface area contributed by atoms with E-state index in [1.807, 2.05) is 84.0 Å². The van der Waals surface area contributed by atoms with Crippen LogP contribution in [0.4, 0.5) is 0 Å². The first-order valence-electron chi connectivity index (χ1n) is 15.6. The van der Waals surface area contributed by atoms with Gasteiger partial charge in [0.15, 0.2) is 0 Å². The van der Waals surface area contributed by atoms with Crippen molar-refractivity contribution < 1.29 is 30.0 Å². The summed E-state index contributed by atoms with van der Waals surface area (Å²) in [5.41, 5.74) is 9.81. The molecule has 0 amide bonds. The molecule has 0 spiro atoms. The van der Waals surface area contributed by atoms with Crippen LogP contribution in [0, 0.1) is 39.0 Å². The molecule has 0 saturated heterocycles. The first kappa shape index (κ1) is 36.6. The number of ether oxygens (including phenoxy) is 1. The maximum absolute atomic E-state index is 11.7. The predicted octanol–water partition coefficient (Wildman–Crippen LogP) is 8.93. The molecule has 0 aromatic heterocycles. The highest BCUT2D eigenvalue weighted by Crippen LogP contribution is 2.46. The minimum atomic E-state index is -0.755. The van der Waals surface area contributed by atoms with Gasteiger partial charge in [0.1, 0.15) is 17.6 Å². The number of phenolic OH excluding ortho intramolecular Hbond substituents is 1. The zero-order valence-corrected chi connectivity index (χ0v) is 28.1. The summed E-state index contributed by atoms with van der Waals surface area (Å²) in [6, 6.07) is 5.91. The molecule has 3 aromatic carbocycles. The number of carbonyl (C=O) groups is 1. The predicted molar refractivity (Wildman–Crippen MR) is 189 cm³/mol. The van der Waals surface area contributed by atoms with Crippen molar-refractivity contribution in [1.82, 2.24) is 0 Å². The fourth-order valence-electron chi connectivity index (χ4n) is 6.44. The van der Waals surface area contributed by atoms with Crippen LogP contribution < -0.4 is 0 Å². The Balaban J connectivity index is 0.000000219. The van der Waals surface area contributed by atoms with Crippen LogP contribution in [0.25, 0.3) is 22.9 Å². The van der Waals surface area contributed by atoms with Crippen LogP contribution in [0.1, 0.15) is 105 Å². The van der Waals surface area contributed by atoms with Crippen LogP contribution >= 0.6 is 0 Å². The van der Waals surface area contributed by atoms with Gasteiger partial charge in [0.25, 0.3) is 0 Å². The summed E-state index contributed by atoms with van der Waals surface area (Å²) in [6.07, 6.45) is 13.5. The molecule has 2 atom stereocenters. The summed E-state index contributed by atoms with van der Waals surface area (Å²) >= 11 is 0. The molecular weight excluding hydrogens is 590 g/mol. The number of phenols is 1. The van der Waals surface area contributed by atoms with E-state index in [0.717, 1.165) is 68.1 Å². The van der Waals surface area contributed by atoms with E-state index in [4.69, 9.17) is 15.1 Å². The summed E-state index contributed by atoms with van der Waals surface area (Å²) in [4.78, 5) is 11.7. The topological polar surface area (TPSA) is 131 Å². The van der Waals surface area contributed by atoms with Gasteiger partial charge in [-0.3, -0.25) is 0 Å². The second kappa shape index (κ2) is 16.1.